The van der Waals surface area contributed by atoms with Gasteiger partial charge in [0.25, 0.3) is 0 Å². The number of hydrogen-bond donors (Lipinski definition) is 2. The molecule has 3 N–H and O–H groups in total. The number of alkyl halides is 3. The monoisotopic (exact) mass is 218 g/mol. The van der Waals surface area contributed by atoms with Gasteiger partial charge in [0.05, 0.1) is 0 Å². The number of nitrogen functional groups attached to an aromatic ring is 1. The summed E-state index contributed by atoms with van der Waals surface area (Å²) in [5.41, 5.74) is 5.67. The molecule has 0 aliphatic rings. The van der Waals surface area contributed by atoms with Crippen LogP contribution in [0.1, 0.15) is 11.1 Å². The van der Waals surface area contributed by atoms with Crippen LogP contribution in [0.2, 0.25) is 0 Å². The molecule has 0 spiro atoms. The van der Waals surface area contributed by atoms with Crippen molar-refractivity contribution >= 4 is 5.84 Å². The van der Waals surface area contributed by atoms with Gasteiger partial charge < -0.3 is 10.5 Å². The van der Waals surface area contributed by atoms with Crippen LogP contribution in [0.25, 0.3) is 0 Å². The Balaban J connectivity index is 3.06. The fraction of sp³-hybridized carbons (Fsp3) is 0.222. The molecule has 0 heterocycles. The number of benzene rings is 1. The smallest absolute Gasteiger partial charge is 0.405 e. The summed E-state index contributed by atoms with van der Waals surface area (Å²) in [5, 5.41) is 7.07. The van der Waals surface area contributed by atoms with Crippen LogP contribution in [0.4, 0.5) is 13.2 Å². The number of hydrogen-bond acceptors (Lipinski definition) is 2. The Morgan fingerprint density at radius 3 is 2.47 bits per heavy atom. The second kappa shape index (κ2) is 3.80. The van der Waals surface area contributed by atoms with Crippen LogP contribution < -0.4 is 10.5 Å². The molecule has 1 rings (SSSR count). The molecule has 6 heteroatoms. The zero-order valence-electron chi connectivity index (χ0n) is 7.85. The van der Waals surface area contributed by atoms with Crippen LogP contribution in [0.15, 0.2) is 18.2 Å². The molecule has 0 saturated carbocycles. The second-order valence-electron chi connectivity index (χ2n) is 2.94. The third-order valence-electron chi connectivity index (χ3n) is 1.72. The molecule has 0 saturated heterocycles. The highest BCUT2D eigenvalue weighted by Gasteiger charge is 2.31. The van der Waals surface area contributed by atoms with Crippen molar-refractivity contribution in [2.75, 3.05) is 0 Å². The zero-order valence-corrected chi connectivity index (χ0v) is 7.85. The first-order valence-electron chi connectivity index (χ1n) is 4.00. The molecule has 1 aromatic carbocycles. The van der Waals surface area contributed by atoms with Gasteiger partial charge in [-0.25, -0.2) is 0 Å². The summed E-state index contributed by atoms with van der Waals surface area (Å²) >= 11 is 0. The van der Waals surface area contributed by atoms with E-state index in [-0.39, 0.29) is 17.1 Å². The fourth-order valence-corrected chi connectivity index (χ4v) is 1.00. The van der Waals surface area contributed by atoms with Gasteiger partial charge in [-0.05, 0) is 18.6 Å². The van der Waals surface area contributed by atoms with Crippen molar-refractivity contribution in [3.63, 3.8) is 0 Å². The molecule has 15 heavy (non-hydrogen) atoms. The molecular formula is C9H9F3N2O. The first-order valence-corrected chi connectivity index (χ1v) is 4.00. The highest BCUT2D eigenvalue weighted by Crippen LogP contribution is 2.26. The molecule has 0 unspecified atom stereocenters. The maximum atomic E-state index is 11.9. The predicted molar refractivity (Wildman–Crippen MR) is 48.9 cm³/mol. The summed E-state index contributed by atoms with van der Waals surface area (Å²) in [4.78, 5) is 0. The van der Waals surface area contributed by atoms with Crippen molar-refractivity contribution < 1.29 is 17.9 Å². The maximum absolute atomic E-state index is 11.9. The normalized spacial score (nSPS) is 11.2. The Morgan fingerprint density at radius 1 is 1.40 bits per heavy atom. The van der Waals surface area contributed by atoms with Gasteiger partial charge in [0.1, 0.15) is 11.6 Å². The van der Waals surface area contributed by atoms with Crippen molar-refractivity contribution in [1.82, 2.24) is 0 Å². The minimum Gasteiger partial charge on any atom is -0.405 e. The van der Waals surface area contributed by atoms with E-state index >= 15 is 0 Å². The lowest BCUT2D eigenvalue weighted by atomic mass is 10.1. The maximum Gasteiger partial charge on any atom is 0.573 e. The third-order valence-corrected chi connectivity index (χ3v) is 1.72. The summed E-state index contributed by atoms with van der Waals surface area (Å²) in [5.74, 6) is -0.641. The summed E-state index contributed by atoms with van der Waals surface area (Å²) in [6.07, 6.45) is -4.74. The van der Waals surface area contributed by atoms with Crippen LogP contribution in [-0.2, 0) is 0 Å². The van der Waals surface area contributed by atoms with Crippen LogP contribution in [0.5, 0.6) is 5.75 Å². The molecule has 0 amide bonds. The highest BCUT2D eigenvalue weighted by atomic mass is 19.4. The highest BCUT2D eigenvalue weighted by molar-refractivity contribution is 5.95. The number of rotatable bonds is 2. The predicted octanol–water partition coefficient (Wildman–Crippen LogP) is 2.18. The van der Waals surface area contributed by atoms with Crippen molar-refractivity contribution in [2.24, 2.45) is 5.73 Å². The number of halogens is 3. The van der Waals surface area contributed by atoms with E-state index in [1.807, 2.05) is 0 Å². The molecule has 0 fully saturated rings. The summed E-state index contributed by atoms with van der Waals surface area (Å²) in [6.45, 7) is 1.48. The molecule has 0 atom stereocenters. The molecular weight excluding hydrogens is 209 g/mol. The Morgan fingerprint density at radius 2 is 2.00 bits per heavy atom. The molecule has 0 aliphatic carbocycles. The largest absolute Gasteiger partial charge is 0.573 e. The van der Waals surface area contributed by atoms with Crippen molar-refractivity contribution in [1.29, 1.82) is 5.41 Å². The fourth-order valence-electron chi connectivity index (χ4n) is 1.00. The van der Waals surface area contributed by atoms with E-state index in [9.17, 15) is 13.2 Å². The van der Waals surface area contributed by atoms with E-state index in [4.69, 9.17) is 11.1 Å². The van der Waals surface area contributed by atoms with E-state index < -0.39 is 6.36 Å². The van der Waals surface area contributed by atoms with Crippen molar-refractivity contribution in [3.8, 4) is 5.75 Å². The third kappa shape index (κ3) is 3.16. The van der Waals surface area contributed by atoms with Crippen LogP contribution in [0, 0.1) is 12.3 Å². The average molecular weight is 218 g/mol. The molecule has 82 valence electrons. The van der Waals surface area contributed by atoms with Crippen LogP contribution >= 0.6 is 0 Å². The van der Waals surface area contributed by atoms with E-state index in [1.54, 1.807) is 0 Å². The first kappa shape index (κ1) is 11.4. The number of ether oxygens (including phenoxy) is 1. The van der Waals surface area contributed by atoms with Gasteiger partial charge >= 0.3 is 6.36 Å². The Bertz CT molecular complexity index is 387. The Hall–Kier alpha value is -1.72. The lowest BCUT2D eigenvalue weighted by Gasteiger charge is -2.12. The quantitative estimate of drug-likeness (QED) is 0.590. The van der Waals surface area contributed by atoms with Gasteiger partial charge in [0, 0.05) is 5.56 Å². The van der Waals surface area contributed by atoms with Gasteiger partial charge in [0.2, 0.25) is 0 Å². The minimum absolute atomic E-state index is 0.194. The molecule has 3 nitrogen and oxygen atoms in total. The SMILES string of the molecule is Cc1ccc(C(=N)N)cc1OC(F)(F)F. The minimum atomic E-state index is -4.74. The van der Waals surface area contributed by atoms with Crippen molar-refractivity contribution in [2.45, 2.75) is 13.3 Å². The molecule has 0 radical (unpaired) electrons. The van der Waals surface area contributed by atoms with Crippen LogP contribution in [-0.4, -0.2) is 12.2 Å². The van der Waals surface area contributed by atoms with E-state index in [2.05, 4.69) is 4.74 Å². The molecule has 0 aliphatic heterocycles. The zero-order chi connectivity index (χ0) is 11.6. The number of nitrogens with one attached hydrogen (secondary N) is 1. The van der Waals surface area contributed by atoms with E-state index in [0.717, 1.165) is 6.07 Å². The number of amidine groups is 1. The summed E-state index contributed by atoms with van der Waals surface area (Å²) in [6, 6.07) is 3.96. The topological polar surface area (TPSA) is 59.1 Å². The molecule has 0 aromatic heterocycles. The Labute approximate surface area is 84.2 Å². The van der Waals surface area contributed by atoms with E-state index in [1.165, 1.54) is 19.1 Å². The van der Waals surface area contributed by atoms with Gasteiger partial charge in [0.15, 0.2) is 0 Å². The first-order chi connectivity index (χ1) is 6.79. The van der Waals surface area contributed by atoms with Crippen LogP contribution in [0.3, 0.4) is 0 Å². The number of aryl methyl sites for hydroxylation is 1. The standard InChI is InChI=1S/C9H9F3N2O/c1-5-2-3-6(8(13)14)4-7(5)15-9(10,11)12/h2-4H,1H3,(H3,13,14). The van der Waals surface area contributed by atoms with Gasteiger partial charge in [-0.3, -0.25) is 5.41 Å². The van der Waals surface area contributed by atoms with Gasteiger partial charge in [-0.2, -0.15) is 0 Å². The average Bonchev–Trinajstić information content (AvgIpc) is 2.06. The molecule has 1 aromatic rings. The second-order valence-corrected chi connectivity index (χ2v) is 2.94. The van der Waals surface area contributed by atoms with Gasteiger partial charge in [-0.15, -0.1) is 13.2 Å². The summed E-state index contributed by atoms with van der Waals surface area (Å²) in [7, 11) is 0. The van der Waals surface area contributed by atoms with Gasteiger partial charge in [-0.1, -0.05) is 12.1 Å². The lowest BCUT2D eigenvalue weighted by molar-refractivity contribution is -0.274. The Kier molecular flexibility index (Phi) is 2.88. The molecule has 0 bridgehead atoms. The summed E-state index contributed by atoms with van der Waals surface area (Å²) < 4.78 is 39.6. The lowest BCUT2D eigenvalue weighted by Crippen LogP contribution is -2.18. The number of nitrogens with two attached hydrogens (primary N) is 1. The van der Waals surface area contributed by atoms with Crippen molar-refractivity contribution in [3.05, 3.63) is 29.3 Å². The van der Waals surface area contributed by atoms with E-state index in [0.29, 0.717) is 5.56 Å².